The zero-order valence-electron chi connectivity index (χ0n) is 12.0. The van der Waals surface area contributed by atoms with E-state index in [1.165, 1.54) is 25.1 Å². The maximum Gasteiger partial charge on any atom is 0.113 e. The number of hydrogen-bond acceptors (Lipinski definition) is 2. The summed E-state index contributed by atoms with van der Waals surface area (Å²) in [5.74, 6) is 2.31. The topological polar surface area (TPSA) is 43.8 Å². The Balaban J connectivity index is 2.11. The Morgan fingerprint density at radius 1 is 1.40 bits per heavy atom. The molecule has 0 aliphatic heterocycles. The van der Waals surface area contributed by atoms with Gasteiger partial charge in [0.2, 0.25) is 0 Å². The van der Waals surface area contributed by atoms with Crippen molar-refractivity contribution in [3.8, 4) is 0 Å². The van der Waals surface area contributed by atoms with Gasteiger partial charge < -0.3 is 10.3 Å². The summed E-state index contributed by atoms with van der Waals surface area (Å²) in [6.45, 7) is 3.97. The van der Waals surface area contributed by atoms with Crippen LogP contribution in [0.2, 0.25) is 5.02 Å². The Morgan fingerprint density at radius 3 is 3.00 bits per heavy atom. The van der Waals surface area contributed by atoms with Gasteiger partial charge in [0.15, 0.2) is 0 Å². The molecule has 0 bridgehead atoms. The lowest BCUT2D eigenvalue weighted by Crippen LogP contribution is -2.20. The normalized spacial score (nSPS) is 22.8. The molecular formula is C16H22ClN3. The summed E-state index contributed by atoms with van der Waals surface area (Å²) in [6, 6.07) is 5.99. The lowest BCUT2D eigenvalue weighted by atomic mass is 9.95. The van der Waals surface area contributed by atoms with Crippen molar-refractivity contribution in [2.24, 2.45) is 11.7 Å². The van der Waals surface area contributed by atoms with E-state index >= 15 is 0 Å². The number of aromatic nitrogens is 2. The second kappa shape index (κ2) is 5.74. The molecule has 0 amide bonds. The van der Waals surface area contributed by atoms with Gasteiger partial charge in [0.25, 0.3) is 0 Å². The first-order chi connectivity index (χ1) is 9.74. The maximum atomic E-state index is 6.15. The molecule has 1 fully saturated rings. The van der Waals surface area contributed by atoms with Crippen molar-refractivity contribution in [1.29, 1.82) is 0 Å². The van der Waals surface area contributed by atoms with Crippen LogP contribution in [-0.2, 0) is 6.54 Å². The minimum Gasteiger partial charge on any atom is -0.330 e. The molecule has 0 saturated heterocycles. The third-order valence-corrected chi connectivity index (χ3v) is 4.72. The summed E-state index contributed by atoms with van der Waals surface area (Å²) < 4.78 is 2.36. The third-order valence-electron chi connectivity index (χ3n) is 4.48. The number of nitrogens with zero attached hydrogens (tertiary/aromatic N) is 2. The fourth-order valence-corrected chi connectivity index (χ4v) is 3.68. The zero-order chi connectivity index (χ0) is 14.1. The Labute approximate surface area is 125 Å². The van der Waals surface area contributed by atoms with Gasteiger partial charge in [-0.25, -0.2) is 4.98 Å². The van der Waals surface area contributed by atoms with Crippen LogP contribution < -0.4 is 5.73 Å². The summed E-state index contributed by atoms with van der Waals surface area (Å²) in [5, 5.41) is 0.781. The Kier molecular flexibility index (Phi) is 3.99. The van der Waals surface area contributed by atoms with Gasteiger partial charge in [0.1, 0.15) is 5.82 Å². The van der Waals surface area contributed by atoms with E-state index in [-0.39, 0.29) is 0 Å². The molecule has 4 heteroatoms. The van der Waals surface area contributed by atoms with Crippen molar-refractivity contribution in [2.45, 2.75) is 45.1 Å². The summed E-state index contributed by atoms with van der Waals surface area (Å²) in [6.07, 6.45) is 4.81. The highest BCUT2D eigenvalue weighted by Crippen LogP contribution is 2.39. The zero-order valence-corrected chi connectivity index (χ0v) is 12.7. The minimum atomic E-state index is 0.512. The predicted molar refractivity (Wildman–Crippen MR) is 84.2 cm³/mol. The van der Waals surface area contributed by atoms with Crippen molar-refractivity contribution in [3.05, 3.63) is 29.0 Å². The van der Waals surface area contributed by atoms with E-state index in [1.54, 1.807) is 0 Å². The molecule has 0 spiro atoms. The molecule has 2 unspecified atom stereocenters. The molecule has 2 aromatic rings. The number of imidazole rings is 1. The van der Waals surface area contributed by atoms with Gasteiger partial charge in [-0.3, -0.25) is 0 Å². The van der Waals surface area contributed by atoms with Gasteiger partial charge in [-0.1, -0.05) is 24.9 Å². The SMILES string of the molecule is CCCn1c(C2CCCC2CN)nc2ccc(Cl)cc21. The van der Waals surface area contributed by atoms with Gasteiger partial charge >= 0.3 is 0 Å². The van der Waals surface area contributed by atoms with Gasteiger partial charge in [-0.15, -0.1) is 0 Å². The highest BCUT2D eigenvalue weighted by Gasteiger charge is 2.31. The molecule has 1 aromatic heterocycles. The summed E-state index contributed by atoms with van der Waals surface area (Å²) in [4.78, 5) is 4.90. The van der Waals surface area contributed by atoms with Crippen molar-refractivity contribution in [3.63, 3.8) is 0 Å². The Hall–Kier alpha value is -1.06. The van der Waals surface area contributed by atoms with Crippen LogP contribution in [0.5, 0.6) is 0 Å². The predicted octanol–water partition coefficient (Wildman–Crippen LogP) is 3.94. The Morgan fingerprint density at radius 2 is 2.25 bits per heavy atom. The van der Waals surface area contributed by atoms with Gasteiger partial charge in [0.05, 0.1) is 11.0 Å². The van der Waals surface area contributed by atoms with E-state index in [4.69, 9.17) is 22.3 Å². The van der Waals surface area contributed by atoms with E-state index in [0.29, 0.717) is 11.8 Å². The quantitative estimate of drug-likeness (QED) is 0.927. The monoisotopic (exact) mass is 291 g/mol. The number of nitrogens with two attached hydrogens (primary N) is 1. The molecule has 1 saturated carbocycles. The molecule has 1 aliphatic rings. The molecule has 3 nitrogen and oxygen atoms in total. The van der Waals surface area contributed by atoms with Gasteiger partial charge in [-0.05, 0) is 49.9 Å². The molecule has 3 rings (SSSR count). The molecule has 2 atom stereocenters. The average Bonchev–Trinajstić information content (AvgIpc) is 3.03. The van der Waals surface area contributed by atoms with Crippen molar-refractivity contribution in [2.75, 3.05) is 6.54 Å². The van der Waals surface area contributed by atoms with Gasteiger partial charge in [-0.2, -0.15) is 0 Å². The molecule has 1 heterocycles. The molecular weight excluding hydrogens is 270 g/mol. The lowest BCUT2D eigenvalue weighted by Gasteiger charge is -2.19. The maximum absolute atomic E-state index is 6.15. The van der Waals surface area contributed by atoms with E-state index in [9.17, 15) is 0 Å². The fraction of sp³-hybridized carbons (Fsp3) is 0.562. The summed E-state index contributed by atoms with van der Waals surface area (Å²) >= 11 is 6.15. The number of aryl methyl sites for hydroxylation is 1. The largest absolute Gasteiger partial charge is 0.330 e. The van der Waals surface area contributed by atoms with E-state index in [1.807, 2.05) is 18.2 Å². The molecule has 20 heavy (non-hydrogen) atoms. The molecule has 1 aromatic carbocycles. The van der Waals surface area contributed by atoms with Crippen LogP contribution in [0, 0.1) is 5.92 Å². The van der Waals surface area contributed by atoms with Crippen molar-refractivity contribution < 1.29 is 0 Å². The van der Waals surface area contributed by atoms with Crippen LogP contribution in [0.1, 0.15) is 44.3 Å². The third kappa shape index (κ3) is 2.33. The number of rotatable bonds is 4. The molecule has 2 N–H and O–H groups in total. The second-order valence-corrected chi connectivity index (χ2v) is 6.22. The summed E-state index contributed by atoms with van der Waals surface area (Å²) in [7, 11) is 0. The Bertz CT molecular complexity index is 605. The lowest BCUT2D eigenvalue weighted by molar-refractivity contribution is 0.459. The summed E-state index contributed by atoms with van der Waals surface area (Å²) in [5.41, 5.74) is 8.17. The van der Waals surface area contributed by atoms with Gasteiger partial charge in [0, 0.05) is 17.5 Å². The number of benzene rings is 1. The van der Waals surface area contributed by atoms with E-state index < -0.39 is 0 Å². The number of halogens is 1. The molecule has 0 radical (unpaired) electrons. The van der Waals surface area contributed by atoms with E-state index in [2.05, 4.69) is 11.5 Å². The minimum absolute atomic E-state index is 0.512. The van der Waals surface area contributed by atoms with Crippen LogP contribution in [0.15, 0.2) is 18.2 Å². The van der Waals surface area contributed by atoms with Crippen molar-refractivity contribution >= 4 is 22.6 Å². The standard InChI is InChI=1S/C16H22ClN3/c1-2-8-20-15-9-12(17)6-7-14(15)19-16(20)13-5-3-4-11(13)10-18/h6-7,9,11,13H,2-5,8,10,18H2,1H3. The first-order valence-corrected chi connectivity index (χ1v) is 7.98. The highest BCUT2D eigenvalue weighted by molar-refractivity contribution is 6.31. The van der Waals surface area contributed by atoms with Crippen LogP contribution in [0.4, 0.5) is 0 Å². The van der Waals surface area contributed by atoms with Crippen LogP contribution in [0.25, 0.3) is 11.0 Å². The second-order valence-electron chi connectivity index (χ2n) is 5.79. The molecule has 108 valence electrons. The number of hydrogen-bond donors (Lipinski definition) is 1. The van der Waals surface area contributed by atoms with Crippen LogP contribution >= 0.6 is 11.6 Å². The number of fused-ring (bicyclic) bond motifs is 1. The fourth-order valence-electron chi connectivity index (χ4n) is 3.52. The highest BCUT2D eigenvalue weighted by atomic mass is 35.5. The van der Waals surface area contributed by atoms with E-state index in [0.717, 1.165) is 35.6 Å². The smallest absolute Gasteiger partial charge is 0.113 e. The first-order valence-electron chi connectivity index (χ1n) is 7.60. The molecule has 1 aliphatic carbocycles. The first kappa shape index (κ1) is 13.9. The average molecular weight is 292 g/mol. The van der Waals surface area contributed by atoms with Crippen LogP contribution in [0.3, 0.4) is 0 Å². The van der Waals surface area contributed by atoms with Crippen LogP contribution in [-0.4, -0.2) is 16.1 Å². The van der Waals surface area contributed by atoms with Crippen molar-refractivity contribution in [1.82, 2.24) is 9.55 Å².